The monoisotopic (exact) mass is 222 g/mol. The zero-order valence-corrected chi connectivity index (χ0v) is 9.81. The SMILES string of the molecule is CC(C)S(=O)(=O)NCC(C)(C)C(N)=O. The molecule has 3 N–H and O–H groups in total. The lowest BCUT2D eigenvalue weighted by atomic mass is 9.93. The van der Waals surface area contributed by atoms with E-state index in [-0.39, 0.29) is 6.54 Å². The maximum Gasteiger partial charge on any atom is 0.224 e. The lowest BCUT2D eigenvalue weighted by Gasteiger charge is -2.21. The minimum absolute atomic E-state index is 0.0306. The molecule has 0 saturated heterocycles. The fraction of sp³-hybridized carbons (Fsp3) is 0.875. The van der Waals surface area contributed by atoms with Gasteiger partial charge in [0.15, 0.2) is 0 Å². The highest BCUT2D eigenvalue weighted by atomic mass is 32.2. The third-order valence-corrected chi connectivity index (χ3v) is 3.79. The lowest BCUT2D eigenvalue weighted by molar-refractivity contribution is -0.125. The van der Waals surface area contributed by atoms with Gasteiger partial charge in [-0.25, -0.2) is 13.1 Å². The molecular formula is C8H18N2O3S. The number of hydrogen-bond donors (Lipinski definition) is 2. The molecule has 0 aliphatic heterocycles. The van der Waals surface area contributed by atoms with Crippen LogP contribution in [-0.4, -0.2) is 26.1 Å². The van der Waals surface area contributed by atoms with Crippen molar-refractivity contribution < 1.29 is 13.2 Å². The van der Waals surface area contributed by atoms with Crippen molar-refractivity contribution in [1.29, 1.82) is 0 Å². The molecule has 0 aromatic carbocycles. The summed E-state index contributed by atoms with van der Waals surface area (Å²) >= 11 is 0. The predicted octanol–water partition coefficient (Wildman–Crippen LogP) is -0.174. The minimum atomic E-state index is -3.32. The molecule has 14 heavy (non-hydrogen) atoms. The van der Waals surface area contributed by atoms with Crippen LogP contribution in [0.2, 0.25) is 0 Å². The van der Waals surface area contributed by atoms with Crippen LogP contribution in [0.3, 0.4) is 0 Å². The molecule has 0 aromatic rings. The van der Waals surface area contributed by atoms with Crippen LogP contribution >= 0.6 is 0 Å². The first-order valence-corrected chi connectivity index (χ1v) is 5.92. The summed E-state index contributed by atoms with van der Waals surface area (Å²) in [6, 6.07) is 0. The van der Waals surface area contributed by atoms with Gasteiger partial charge in [0.2, 0.25) is 15.9 Å². The summed E-state index contributed by atoms with van der Waals surface area (Å²) in [4.78, 5) is 10.9. The molecule has 0 unspecified atom stereocenters. The number of carbonyl (C=O) groups is 1. The molecular weight excluding hydrogens is 204 g/mol. The summed E-state index contributed by atoms with van der Waals surface area (Å²) < 4.78 is 25.0. The molecule has 0 aromatic heterocycles. The van der Waals surface area contributed by atoms with Gasteiger partial charge in [-0.2, -0.15) is 0 Å². The van der Waals surface area contributed by atoms with Crippen LogP contribution in [0, 0.1) is 5.41 Å². The third-order valence-electron chi connectivity index (χ3n) is 2.00. The van der Waals surface area contributed by atoms with E-state index in [1.807, 2.05) is 0 Å². The van der Waals surface area contributed by atoms with Gasteiger partial charge in [0.25, 0.3) is 0 Å². The van der Waals surface area contributed by atoms with Crippen LogP contribution in [0.1, 0.15) is 27.7 Å². The first kappa shape index (κ1) is 13.4. The molecule has 5 nitrogen and oxygen atoms in total. The lowest BCUT2D eigenvalue weighted by Crippen LogP contribution is -2.44. The van der Waals surface area contributed by atoms with Crippen LogP contribution in [0.4, 0.5) is 0 Å². The van der Waals surface area contributed by atoms with E-state index in [1.54, 1.807) is 27.7 Å². The largest absolute Gasteiger partial charge is 0.369 e. The van der Waals surface area contributed by atoms with Gasteiger partial charge in [0.1, 0.15) is 0 Å². The second-order valence-corrected chi connectivity index (χ2v) is 6.48. The summed E-state index contributed by atoms with van der Waals surface area (Å²) in [7, 11) is -3.32. The molecule has 0 heterocycles. The maximum atomic E-state index is 11.3. The predicted molar refractivity (Wildman–Crippen MR) is 55.0 cm³/mol. The standard InChI is InChI=1S/C8H18N2O3S/c1-6(2)14(12,13)10-5-8(3,4)7(9)11/h6,10H,5H2,1-4H3,(H2,9,11). The molecule has 84 valence electrons. The first-order valence-electron chi connectivity index (χ1n) is 4.38. The van der Waals surface area contributed by atoms with Crippen molar-refractivity contribution in [3.05, 3.63) is 0 Å². The van der Waals surface area contributed by atoms with Crippen LogP contribution in [0.25, 0.3) is 0 Å². The molecule has 0 rings (SSSR count). The van der Waals surface area contributed by atoms with E-state index >= 15 is 0 Å². The van der Waals surface area contributed by atoms with E-state index < -0.39 is 26.6 Å². The van der Waals surface area contributed by atoms with Crippen molar-refractivity contribution in [3.8, 4) is 0 Å². The average Bonchev–Trinajstić information content (AvgIpc) is 2.01. The van der Waals surface area contributed by atoms with Gasteiger partial charge in [-0.15, -0.1) is 0 Å². The topological polar surface area (TPSA) is 89.3 Å². The number of nitrogens with one attached hydrogen (secondary N) is 1. The third kappa shape index (κ3) is 3.63. The van der Waals surface area contributed by atoms with Crippen molar-refractivity contribution in [1.82, 2.24) is 4.72 Å². The van der Waals surface area contributed by atoms with Gasteiger partial charge < -0.3 is 5.73 Å². The van der Waals surface area contributed by atoms with Crippen molar-refractivity contribution >= 4 is 15.9 Å². The molecule has 0 aliphatic carbocycles. The summed E-state index contributed by atoms with van der Waals surface area (Å²) in [6.07, 6.45) is 0. The fourth-order valence-electron chi connectivity index (χ4n) is 0.535. The zero-order chi connectivity index (χ0) is 11.6. The van der Waals surface area contributed by atoms with E-state index in [0.29, 0.717) is 0 Å². The van der Waals surface area contributed by atoms with Gasteiger partial charge in [0, 0.05) is 6.54 Å². The number of nitrogens with two attached hydrogens (primary N) is 1. The number of rotatable bonds is 5. The Bertz CT molecular complexity index is 307. The normalized spacial score (nSPS) is 13.2. The Morgan fingerprint density at radius 2 is 1.86 bits per heavy atom. The number of sulfonamides is 1. The molecule has 6 heteroatoms. The smallest absolute Gasteiger partial charge is 0.224 e. The van der Waals surface area contributed by atoms with Crippen LogP contribution < -0.4 is 10.5 Å². The van der Waals surface area contributed by atoms with Crippen molar-refractivity contribution in [3.63, 3.8) is 0 Å². The van der Waals surface area contributed by atoms with Gasteiger partial charge in [-0.05, 0) is 27.7 Å². The second-order valence-electron chi connectivity index (χ2n) is 4.16. The van der Waals surface area contributed by atoms with Crippen LogP contribution in [0.5, 0.6) is 0 Å². The molecule has 0 bridgehead atoms. The second kappa shape index (κ2) is 4.27. The summed E-state index contributed by atoms with van der Waals surface area (Å²) in [5, 5.41) is -0.508. The van der Waals surface area contributed by atoms with Crippen LogP contribution in [-0.2, 0) is 14.8 Å². The minimum Gasteiger partial charge on any atom is -0.369 e. The van der Waals surface area contributed by atoms with Crippen molar-refractivity contribution in [2.75, 3.05) is 6.54 Å². The number of carbonyl (C=O) groups excluding carboxylic acids is 1. The Morgan fingerprint density at radius 1 is 1.43 bits per heavy atom. The van der Waals surface area contributed by atoms with E-state index in [4.69, 9.17) is 5.73 Å². The Hall–Kier alpha value is -0.620. The van der Waals surface area contributed by atoms with E-state index in [2.05, 4.69) is 4.72 Å². The quantitative estimate of drug-likeness (QED) is 0.676. The van der Waals surface area contributed by atoms with Crippen molar-refractivity contribution in [2.24, 2.45) is 11.1 Å². The highest BCUT2D eigenvalue weighted by molar-refractivity contribution is 7.90. The maximum absolute atomic E-state index is 11.3. The number of hydrogen-bond acceptors (Lipinski definition) is 3. The zero-order valence-electron chi connectivity index (χ0n) is 8.99. The Morgan fingerprint density at radius 3 is 2.14 bits per heavy atom. The molecule has 0 radical (unpaired) electrons. The summed E-state index contributed by atoms with van der Waals surface area (Å²) in [5.74, 6) is -0.524. The highest BCUT2D eigenvalue weighted by Crippen LogP contribution is 2.13. The van der Waals surface area contributed by atoms with E-state index in [9.17, 15) is 13.2 Å². The summed E-state index contributed by atoms with van der Waals surface area (Å²) in [6.45, 7) is 6.36. The molecule has 0 fully saturated rings. The average molecular weight is 222 g/mol. The van der Waals surface area contributed by atoms with E-state index in [1.165, 1.54) is 0 Å². The molecule has 0 spiro atoms. The Kier molecular flexibility index (Phi) is 4.08. The van der Waals surface area contributed by atoms with E-state index in [0.717, 1.165) is 0 Å². The van der Waals surface area contributed by atoms with Gasteiger partial charge in [-0.3, -0.25) is 4.79 Å². The van der Waals surface area contributed by atoms with Gasteiger partial charge >= 0.3 is 0 Å². The number of amides is 1. The highest BCUT2D eigenvalue weighted by Gasteiger charge is 2.27. The van der Waals surface area contributed by atoms with Gasteiger partial charge in [-0.1, -0.05) is 0 Å². The fourth-order valence-corrected chi connectivity index (χ4v) is 1.43. The van der Waals surface area contributed by atoms with Crippen LogP contribution in [0.15, 0.2) is 0 Å². The number of primary amides is 1. The Labute approximate surface area is 85.1 Å². The first-order chi connectivity index (χ1) is 6.09. The van der Waals surface area contributed by atoms with Crippen molar-refractivity contribution in [2.45, 2.75) is 32.9 Å². The summed E-state index contributed by atoms with van der Waals surface area (Å²) in [5.41, 5.74) is 4.24. The van der Waals surface area contributed by atoms with Gasteiger partial charge in [0.05, 0.1) is 10.7 Å². The molecule has 1 amide bonds. The molecule has 0 atom stereocenters. The Balaban J connectivity index is 4.41. The molecule has 0 saturated carbocycles. The molecule has 0 aliphatic rings.